The second kappa shape index (κ2) is 6.23. The second-order valence-corrected chi connectivity index (χ2v) is 6.57. The molecule has 0 saturated carbocycles. The standard InChI is InChI=1S/C16H20F3N3O2/c1-9-4-10(5-14(21-9)20-8-16(17,18)19)15(24)22-11-2-3-12(22)7-13(23)6-11/h4-5,11-13,23H,2-3,6-8H2,1H3,(H,20,21). The van der Waals surface area contributed by atoms with Gasteiger partial charge in [-0.2, -0.15) is 13.2 Å². The van der Waals surface area contributed by atoms with Gasteiger partial charge in [0.15, 0.2) is 0 Å². The number of anilines is 1. The van der Waals surface area contributed by atoms with Crippen LogP contribution in [0.25, 0.3) is 0 Å². The van der Waals surface area contributed by atoms with E-state index in [4.69, 9.17) is 0 Å². The smallest absolute Gasteiger partial charge is 0.393 e. The molecule has 2 aliphatic rings. The van der Waals surface area contributed by atoms with E-state index >= 15 is 0 Å². The zero-order chi connectivity index (χ0) is 17.5. The number of piperidine rings is 1. The molecule has 24 heavy (non-hydrogen) atoms. The number of hydrogen-bond acceptors (Lipinski definition) is 4. The fourth-order valence-corrected chi connectivity index (χ4v) is 3.70. The Balaban J connectivity index is 1.79. The normalized spacial score (nSPS) is 26.5. The lowest BCUT2D eigenvalue weighted by atomic mass is 9.98. The molecule has 2 aliphatic heterocycles. The first-order chi connectivity index (χ1) is 11.2. The van der Waals surface area contributed by atoms with E-state index in [1.807, 2.05) is 0 Å². The monoisotopic (exact) mass is 343 g/mol. The summed E-state index contributed by atoms with van der Waals surface area (Å²) >= 11 is 0. The number of rotatable bonds is 3. The number of nitrogens with one attached hydrogen (secondary N) is 1. The van der Waals surface area contributed by atoms with Crippen LogP contribution in [-0.4, -0.2) is 51.8 Å². The number of alkyl halides is 3. The number of nitrogens with zero attached hydrogens (tertiary/aromatic N) is 2. The van der Waals surface area contributed by atoms with Gasteiger partial charge in [-0.05, 0) is 44.7 Å². The number of aliphatic hydroxyl groups excluding tert-OH is 1. The van der Waals surface area contributed by atoms with Crippen LogP contribution in [-0.2, 0) is 0 Å². The lowest BCUT2D eigenvalue weighted by molar-refractivity contribution is -0.115. The fraction of sp³-hybridized carbons (Fsp3) is 0.625. The summed E-state index contributed by atoms with van der Waals surface area (Å²) in [6.45, 7) is 0.447. The molecule has 5 nitrogen and oxygen atoms in total. The van der Waals surface area contributed by atoms with Crippen molar-refractivity contribution in [3.05, 3.63) is 23.4 Å². The van der Waals surface area contributed by atoms with Crippen LogP contribution in [0, 0.1) is 6.92 Å². The summed E-state index contributed by atoms with van der Waals surface area (Å²) in [7, 11) is 0. The molecular formula is C16H20F3N3O2. The minimum Gasteiger partial charge on any atom is -0.393 e. The molecule has 132 valence electrons. The highest BCUT2D eigenvalue weighted by molar-refractivity contribution is 5.95. The molecule has 0 spiro atoms. The van der Waals surface area contributed by atoms with E-state index < -0.39 is 12.7 Å². The molecule has 0 radical (unpaired) electrons. The molecule has 1 aromatic rings. The zero-order valence-corrected chi connectivity index (χ0v) is 13.3. The third-order valence-electron chi connectivity index (χ3n) is 4.61. The van der Waals surface area contributed by atoms with Gasteiger partial charge in [-0.15, -0.1) is 0 Å². The average molecular weight is 343 g/mol. The summed E-state index contributed by atoms with van der Waals surface area (Å²) in [5, 5.41) is 12.1. The van der Waals surface area contributed by atoms with E-state index in [1.54, 1.807) is 17.9 Å². The van der Waals surface area contributed by atoms with Gasteiger partial charge >= 0.3 is 6.18 Å². The van der Waals surface area contributed by atoms with E-state index in [9.17, 15) is 23.1 Å². The second-order valence-electron chi connectivity index (χ2n) is 6.57. The Kier molecular flexibility index (Phi) is 4.42. The molecule has 1 aromatic heterocycles. The van der Waals surface area contributed by atoms with Gasteiger partial charge in [0.05, 0.1) is 6.10 Å². The number of fused-ring (bicyclic) bond motifs is 2. The van der Waals surface area contributed by atoms with E-state index in [0.29, 0.717) is 24.1 Å². The lowest BCUT2D eigenvalue weighted by Gasteiger charge is -2.37. The predicted octanol–water partition coefficient (Wildman–Crippen LogP) is 2.49. The number of pyridine rings is 1. The van der Waals surface area contributed by atoms with Crippen molar-refractivity contribution in [1.29, 1.82) is 0 Å². The maximum Gasteiger partial charge on any atom is 0.405 e. The summed E-state index contributed by atoms with van der Waals surface area (Å²) in [6, 6.07) is 2.97. The SMILES string of the molecule is Cc1cc(C(=O)N2C3CCC2CC(O)C3)cc(NCC(F)(F)F)n1. The molecule has 3 heterocycles. The van der Waals surface area contributed by atoms with Crippen LogP contribution in [0.4, 0.5) is 19.0 Å². The Morgan fingerprint density at radius 1 is 1.33 bits per heavy atom. The molecule has 0 aromatic carbocycles. The zero-order valence-electron chi connectivity index (χ0n) is 13.3. The van der Waals surface area contributed by atoms with Gasteiger partial charge in [-0.1, -0.05) is 0 Å². The van der Waals surface area contributed by atoms with Gasteiger partial charge in [-0.25, -0.2) is 4.98 Å². The van der Waals surface area contributed by atoms with Gasteiger partial charge in [0.25, 0.3) is 5.91 Å². The number of halogens is 3. The molecule has 2 fully saturated rings. The maximum atomic E-state index is 12.8. The van der Waals surface area contributed by atoms with E-state index in [2.05, 4.69) is 10.3 Å². The van der Waals surface area contributed by atoms with Crippen LogP contribution in [0.15, 0.2) is 12.1 Å². The van der Waals surface area contributed by atoms with Crippen LogP contribution < -0.4 is 5.32 Å². The van der Waals surface area contributed by atoms with Crippen molar-refractivity contribution < 1.29 is 23.1 Å². The summed E-state index contributed by atoms with van der Waals surface area (Å²) in [6.07, 6.45) is -1.89. The van der Waals surface area contributed by atoms with Crippen molar-refractivity contribution >= 4 is 11.7 Å². The van der Waals surface area contributed by atoms with Crippen molar-refractivity contribution in [3.63, 3.8) is 0 Å². The van der Waals surface area contributed by atoms with Gasteiger partial charge in [0, 0.05) is 23.3 Å². The van der Waals surface area contributed by atoms with Gasteiger partial charge in [-0.3, -0.25) is 4.79 Å². The van der Waals surface area contributed by atoms with Crippen molar-refractivity contribution in [1.82, 2.24) is 9.88 Å². The first-order valence-corrected chi connectivity index (χ1v) is 8.03. The molecule has 8 heteroatoms. The number of hydrogen-bond donors (Lipinski definition) is 2. The van der Waals surface area contributed by atoms with Gasteiger partial charge in [0.2, 0.25) is 0 Å². The Labute approximate surface area is 137 Å². The van der Waals surface area contributed by atoms with E-state index in [0.717, 1.165) is 12.8 Å². The molecule has 3 rings (SSSR count). The van der Waals surface area contributed by atoms with Crippen LogP contribution in [0.3, 0.4) is 0 Å². The summed E-state index contributed by atoms with van der Waals surface area (Å²) < 4.78 is 37.1. The first kappa shape index (κ1) is 17.0. The number of aliphatic hydroxyl groups is 1. The fourth-order valence-electron chi connectivity index (χ4n) is 3.70. The van der Waals surface area contributed by atoms with Crippen molar-refractivity contribution in [2.45, 2.75) is 57.0 Å². The molecule has 1 amide bonds. The Hall–Kier alpha value is -1.83. The number of carbonyl (C=O) groups excluding carboxylic acids is 1. The molecule has 2 unspecified atom stereocenters. The molecule has 2 bridgehead atoms. The Morgan fingerprint density at radius 2 is 1.96 bits per heavy atom. The Morgan fingerprint density at radius 3 is 2.54 bits per heavy atom. The highest BCUT2D eigenvalue weighted by Crippen LogP contribution is 2.37. The third kappa shape index (κ3) is 3.63. The highest BCUT2D eigenvalue weighted by Gasteiger charge is 2.43. The third-order valence-corrected chi connectivity index (χ3v) is 4.61. The average Bonchev–Trinajstić information content (AvgIpc) is 2.75. The number of aryl methyl sites for hydroxylation is 1. The molecular weight excluding hydrogens is 323 g/mol. The maximum absolute atomic E-state index is 12.8. The number of aromatic nitrogens is 1. The molecule has 2 N–H and O–H groups in total. The van der Waals surface area contributed by atoms with Crippen LogP contribution in [0.2, 0.25) is 0 Å². The molecule has 2 atom stereocenters. The summed E-state index contributed by atoms with van der Waals surface area (Å²) in [4.78, 5) is 18.6. The minimum atomic E-state index is -4.35. The predicted molar refractivity (Wildman–Crippen MR) is 81.7 cm³/mol. The van der Waals surface area contributed by atoms with Crippen LogP contribution >= 0.6 is 0 Å². The van der Waals surface area contributed by atoms with Gasteiger partial charge < -0.3 is 15.3 Å². The van der Waals surface area contributed by atoms with Gasteiger partial charge in [0.1, 0.15) is 12.4 Å². The van der Waals surface area contributed by atoms with E-state index in [1.165, 1.54) is 6.07 Å². The minimum absolute atomic E-state index is 0.00584. The summed E-state index contributed by atoms with van der Waals surface area (Å²) in [5.41, 5.74) is 0.815. The quantitative estimate of drug-likeness (QED) is 0.885. The first-order valence-electron chi connectivity index (χ1n) is 8.03. The van der Waals surface area contributed by atoms with Crippen molar-refractivity contribution in [2.24, 2.45) is 0 Å². The number of amides is 1. The molecule has 2 saturated heterocycles. The Bertz CT molecular complexity index is 621. The van der Waals surface area contributed by atoms with Crippen molar-refractivity contribution in [3.8, 4) is 0 Å². The van der Waals surface area contributed by atoms with Crippen LogP contribution in [0.1, 0.15) is 41.7 Å². The number of carbonyl (C=O) groups is 1. The highest BCUT2D eigenvalue weighted by atomic mass is 19.4. The topological polar surface area (TPSA) is 65.5 Å². The largest absolute Gasteiger partial charge is 0.405 e. The summed E-state index contributed by atoms with van der Waals surface area (Å²) in [5.74, 6) is -0.157. The lowest BCUT2D eigenvalue weighted by Crippen LogP contribution is -2.48. The van der Waals surface area contributed by atoms with Crippen LogP contribution in [0.5, 0.6) is 0 Å². The molecule has 0 aliphatic carbocycles. The van der Waals surface area contributed by atoms with Crippen molar-refractivity contribution in [2.75, 3.05) is 11.9 Å². The van der Waals surface area contributed by atoms with E-state index in [-0.39, 0.29) is 29.9 Å².